The third-order valence-corrected chi connectivity index (χ3v) is 3.84. The number of rotatable bonds is 4. The molecule has 0 fully saturated rings. The number of hydrogen-bond donors (Lipinski definition) is 1. The van der Waals surface area contributed by atoms with E-state index in [2.05, 4.69) is 26.2 Å². The molecule has 0 spiro atoms. The predicted octanol–water partition coefficient (Wildman–Crippen LogP) is 4.39. The number of nitrogens with zero attached hydrogens (tertiary/aromatic N) is 2. The van der Waals surface area contributed by atoms with Crippen molar-refractivity contribution in [2.24, 2.45) is 0 Å². The van der Waals surface area contributed by atoms with Gasteiger partial charge in [-0.05, 0) is 51.8 Å². The zero-order chi connectivity index (χ0) is 14.7. The van der Waals surface area contributed by atoms with Crippen LogP contribution in [0, 0.1) is 5.82 Å². The normalized spacial score (nSPS) is 10.6. The smallest absolute Gasteiger partial charge is 0.125 e. The molecular weight excluding hydrogens is 333 g/mol. The van der Waals surface area contributed by atoms with Crippen molar-refractivity contribution in [2.75, 3.05) is 5.32 Å². The second-order valence-electron chi connectivity index (χ2n) is 4.61. The van der Waals surface area contributed by atoms with Gasteiger partial charge in [0.1, 0.15) is 5.82 Å². The van der Waals surface area contributed by atoms with Crippen LogP contribution in [0.2, 0.25) is 0 Å². The molecule has 2 aromatic carbocycles. The van der Waals surface area contributed by atoms with Crippen LogP contribution < -0.4 is 5.32 Å². The highest BCUT2D eigenvalue weighted by molar-refractivity contribution is 9.10. The van der Waals surface area contributed by atoms with E-state index < -0.39 is 0 Å². The summed E-state index contributed by atoms with van der Waals surface area (Å²) in [6.45, 7) is 0.631. The number of nitrogens with one attached hydrogen (secondary N) is 1. The molecule has 1 N–H and O–H groups in total. The maximum atomic E-state index is 13.2. The fourth-order valence-corrected chi connectivity index (χ4v) is 2.41. The molecule has 0 aliphatic carbocycles. The van der Waals surface area contributed by atoms with Crippen molar-refractivity contribution in [1.29, 1.82) is 0 Å². The fraction of sp³-hybridized carbons (Fsp3) is 0.0625. The van der Waals surface area contributed by atoms with Crippen molar-refractivity contribution >= 4 is 21.6 Å². The Morgan fingerprint density at radius 3 is 2.67 bits per heavy atom. The number of aromatic nitrogens is 2. The van der Waals surface area contributed by atoms with Crippen LogP contribution in [0.3, 0.4) is 0 Å². The summed E-state index contributed by atoms with van der Waals surface area (Å²) in [5.41, 5.74) is 2.92. The van der Waals surface area contributed by atoms with Crippen LogP contribution in [-0.4, -0.2) is 9.55 Å². The average Bonchev–Trinajstić information content (AvgIpc) is 3.03. The highest BCUT2D eigenvalue weighted by Gasteiger charge is 2.02. The number of halogens is 2. The lowest BCUT2D eigenvalue weighted by Crippen LogP contribution is -2.01. The first kappa shape index (κ1) is 13.8. The SMILES string of the molecule is Fc1ccc(Br)c(NCc2ccc(-n3ccnc3)cc2)c1. The summed E-state index contributed by atoms with van der Waals surface area (Å²) in [5.74, 6) is -0.254. The summed E-state index contributed by atoms with van der Waals surface area (Å²) in [7, 11) is 0. The minimum absolute atomic E-state index is 0.254. The average molecular weight is 346 g/mol. The Kier molecular flexibility index (Phi) is 4.01. The molecule has 106 valence electrons. The van der Waals surface area contributed by atoms with Gasteiger partial charge in [-0.2, -0.15) is 0 Å². The summed E-state index contributed by atoms with van der Waals surface area (Å²) in [4.78, 5) is 4.02. The molecule has 0 saturated heterocycles. The summed E-state index contributed by atoms with van der Waals surface area (Å²) >= 11 is 3.40. The number of anilines is 1. The topological polar surface area (TPSA) is 29.9 Å². The van der Waals surface area contributed by atoms with Gasteiger partial charge in [-0.15, -0.1) is 0 Å². The second kappa shape index (κ2) is 6.10. The van der Waals surface area contributed by atoms with Gasteiger partial charge in [-0.25, -0.2) is 9.37 Å². The van der Waals surface area contributed by atoms with Crippen molar-refractivity contribution in [3.63, 3.8) is 0 Å². The van der Waals surface area contributed by atoms with Gasteiger partial charge in [0.15, 0.2) is 0 Å². The predicted molar refractivity (Wildman–Crippen MR) is 85.0 cm³/mol. The van der Waals surface area contributed by atoms with Gasteiger partial charge < -0.3 is 9.88 Å². The molecule has 0 aliphatic rings. The molecule has 0 saturated carbocycles. The van der Waals surface area contributed by atoms with E-state index >= 15 is 0 Å². The van der Waals surface area contributed by atoms with Crippen molar-refractivity contribution in [2.45, 2.75) is 6.54 Å². The van der Waals surface area contributed by atoms with E-state index in [0.717, 1.165) is 21.4 Å². The molecule has 5 heteroatoms. The monoisotopic (exact) mass is 345 g/mol. The molecular formula is C16H13BrFN3. The Morgan fingerprint density at radius 1 is 1.14 bits per heavy atom. The van der Waals surface area contributed by atoms with Crippen LogP contribution in [0.25, 0.3) is 5.69 Å². The molecule has 1 heterocycles. The zero-order valence-corrected chi connectivity index (χ0v) is 12.7. The van der Waals surface area contributed by atoms with E-state index in [1.807, 2.05) is 35.0 Å². The van der Waals surface area contributed by atoms with Gasteiger partial charge in [0.25, 0.3) is 0 Å². The molecule has 21 heavy (non-hydrogen) atoms. The first-order chi connectivity index (χ1) is 10.2. The summed E-state index contributed by atoms with van der Waals surface area (Å²) in [6, 6.07) is 12.7. The number of hydrogen-bond acceptors (Lipinski definition) is 2. The highest BCUT2D eigenvalue weighted by atomic mass is 79.9. The maximum Gasteiger partial charge on any atom is 0.125 e. The van der Waals surface area contributed by atoms with Crippen LogP contribution in [0.1, 0.15) is 5.56 Å². The molecule has 0 atom stereocenters. The summed E-state index contributed by atoms with van der Waals surface area (Å²) in [6.07, 6.45) is 5.41. The minimum Gasteiger partial charge on any atom is -0.380 e. The van der Waals surface area contributed by atoms with Crippen molar-refractivity contribution in [1.82, 2.24) is 9.55 Å². The van der Waals surface area contributed by atoms with Gasteiger partial charge in [0.05, 0.1) is 12.0 Å². The third-order valence-electron chi connectivity index (χ3n) is 3.15. The lowest BCUT2D eigenvalue weighted by Gasteiger charge is -2.09. The molecule has 3 aromatic rings. The molecule has 0 bridgehead atoms. The quantitative estimate of drug-likeness (QED) is 0.760. The van der Waals surface area contributed by atoms with Gasteiger partial charge >= 0.3 is 0 Å². The Bertz CT molecular complexity index is 724. The Balaban J connectivity index is 1.70. The van der Waals surface area contributed by atoms with Gasteiger partial charge in [0, 0.05) is 29.1 Å². The van der Waals surface area contributed by atoms with Crippen LogP contribution >= 0.6 is 15.9 Å². The summed E-state index contributed by atoms with van der Waals surface area (Å²) in [5, 5.41) is 3.22. The van der Waals surface area contributed by atoms with E-state index in [1.165, 1.54) is 12.1 Å². The Hall–Kier alpha value is -2.14. The lowest BCUT2D eigenvalue weighted by molar-refractivity contribution is 0.628. The van der Waals surface area contributed by atoms with Crippen molar-refractivity contribution in [3.8, 4) is 5.69 Å². The minimum atomic E-state index is -0.254. The van der Waals surface area contributed by atoms with Crippen LogP contribution in [0.4, 0.5) is 10.1 Å². The van der Waals surface area contributed by atoms with E-state index in [9.17, 15) is 4.39 Å². The largest absolute Gasteiger partial charge is 0.380 e. The maximum absolute atomic E-state index is 13.2. The fourth-order valence-electron chi connectivity index (χ4n) is 2.03. The van der Waals surface area contributed by atoms with Crippen molar-refractivity contribution in [3.05, 3.63) is 77.0 Å². The van der Waals surface area contributed by atoms with E-state index in [4.69, 9.17) is 0 Å². The molecule has 0 radical (unpaired) electrons. The van der Waals surface area contributed by atoms with E-state index in [0.29, 0.717) is 6.54 Å². The number of imidazole rings is 1. The van der Waals surface area contributed by atoms with E-state index in [1.54, 1.807) is 18.6 Å². The number of benzene rings is 2. The zero-order valence-electron chi connectivity index (χ0n) is 11.1. The molecule has 3 rings (SSSR count). The standard InChI is InChI=1S/C16H13BrFN3/c17-15-6-3-13(18)9-16(15)20-10-12-1-4-14(5-2-12)21-8-7-19-11-21/h1-9,11,20H,10H2. The first-order valence-corrected chi connectivity index (χ1v) is 7.28. The van der Waals surface area contributed by atoms with Crippen LogP contribution in [0.15, 0.2) is 65.7 Å². The highest BCUT2D eigenvalue weighted by Crippen LogP contribution is 2.23. The molecule has 0 aliphatic heterocycles. The molecule has 3 nitrogen and oxygen atoms in total. The molecule has 0 amide bonds. The first-order valence-electron chi connectivity index (χ1n) is 6.48. The van der Waals surface area contributed by atoms with Crippen molar-refractivity contribution < 1.29 is 4.39 Å². The van der Waals surface area contributed by atoms with Crippen LogP contribution in [-0.2, 0) is 6.54 Å². The lowest BCUT2D eigenvalue weighted by atomic mass is 10.2. The second-order valence-corrected chi connectivity index (χ2v) is 5.47. The van der Waals surface area contributed by atoms with Gasteiger partial charge in [-0.3, -0.25) is 0 Å². The Morgan fingerprint density at radius 2 is 1.95 bits per heavy atom. The van der Waals surface area contributed by atoms with E-state index in [-0.39, 0.29) is 5.82 Å². The Labute approximate surface area is 130 Å². The third kappa shape index (κ3) is 3.31. The summed E-state index contributed by atoms with van der Waals surface area (Å²) < 4.78 is 16.0. The molecule has 0 unspecified atom stereocenters. The van der Waals surface area contributed by atoms with Gasteiger partial charge in [0.2, 0.25) is 0 Å². The molecule has 1 aromatic heterocycles. The van der Waals surface area contributed by atoms with Crippen LogP contribution in [0.5, 0.6) is 0 Å². The van der Waals surface area contributed by atoms with Gasteiger partial charge in [-0.1, -0.05) is 12.1 Å².